The fraction of sp³-hybridized carbons (Fsp3) is 0.538. The van der Waals surface area contributed by atoms with Gasteiger partial charge in [-0.15, -0.1) is 0 Å². The number of amides is 1. The minimum Gasteiger partial charge on any atom is -0.353 e. The molecule has 1 N–H and O–H groups in total. The predicted octanol–water partition coefficient (Wildman–Crippen LogP) is 0.570. The van der Waals surface area contributed by atoms with Gasteiger partial charge in [-0.3, -0.25) is 9.69 Å². The summed E-state index contributed by atoms with van der Waals surface area (Å²) in [6, 6.07) is 0. The van der Waals surface area contributed by atoms with E-state index in [-0.39, 0.29) is 5.91 Å². The number of nitrogens with zero attached hydrogens (tertiary/aromatic N) is 3. The third-order valence-electron chi connectivity index (χ3n) is 3.13. The Bertz CT molecular complexity index is 424. The van der Waals surface area contributed by atoms with Crippen LogP contribution in [0.4, 0.5) is 0 Å². The zero-order chi connectivity index (χ0) is 12.8. The monoisotopic (exact) mass is 248 g/mol. The molecule has 1 aromatic heterocycles. The number of hydrogen-bond donors (Lipinski definition) is 1. The topological polar surface area (TPSA) is 50.2 Å². The van der Waals surface area contributed by atoms with Crippen LogP contribution in [0.3, 0.4) is 0 Å². The van der Waals surface area contributed by atoms with E-state index in [9.17, 15) is 4.79 Å². The molecule has 0 unspecified atom stereocenters. The maximum absolute atomic E-state index is 11.7. The van der Waals surface area contributed by atoms with Crippen LogP contribution in [0.5, 0.6) is 0 Å². The first kappa shape index (κ1) is 12.8. The Kier molecular flexibility index (Phi) is 4.52. The molecule has 0 fully saturated rings. The summed E-state index contributed by atoms with van der Waals surface area (Å²) < 4.78 is 1.85. The summed E-state index contributed by atoms with van der Waals surface area (Å²) in [5.41, 5.74) is 0. The van der Waals surface area contributed by atoms with E-state index in [4.69, 9.17) is 0 Å². The molecule has 0 saturated carbocycles. The smallest absolute Gasteiger partial charge is 0.240 e. The lowest BCUT2D eigenvalue weighted by Crippen LogP contribution is -2.37. The average Bonchev–Trinajstić information content (AvgIpc) is 2.76. The quantitative estimate of drug-likeness (QED) is 0.775. The van der Waals surface area contributed by atoms with E-state index in [1.165, 1.54) is 0 Å². The molecule has 5 heteroatoms. The van der Waals surface area contributed by atoms with Gasteiger partial charge >= 0.3 is 0 Å². The van der Waals surface area contributed by atoms with Crippen molar-refractivity contribution in [2.75, 3.05) is 26.2 Å². The second kappa shape index (κ2) is 6.35. The Labute approximate surface area is 107 Å². The van der Waals surface area contributed by atoms with Crippen molar-refractivity contribution in [3.63, 3.8) is 0 Å². The molecule has 0 aromatic carbocycles. The maximum atomic E-state index is 11.7. The second-order valence-corrected chi connectivity index (χ2v) is 4.51. The summed E-state index contributed by atoms with van der Waals surface area (Å²) in [5, 5.41) is 2.94. The molecular formula is C13H20N4O. The van der Waals surface area contributed by atoms with Crippen LogP contribution in [0.2, 0.25) is 0 Å². The first-order valence-electron chi connectivity index (χ1n) is 6.37. The summed E-state index contributed by atoms with van der Waals surface area (Å²) in [6.45, 7) is 5.96. The van der Waals surface area contributed by atoms with E-state index in [0.29, 0.717) is 13.1 Å². The Balaban J connectivity index is 1.66. The van der Waals surface area contributed by atoms with Crippen molar-refractivity contribution in [3.8, 4) is 0 Å². The SMILES string of the molecule is Cc1nccn1CC(=O)NCCN1CC=CCC1. The Hall–Kier alpha value is -1.62. The fourth-order valence-corrected chi connectivity index (χ4v) is 2.03. The summed E-state index contributed by atoms with van der Waals surface area (Å²) >= 11 is 0. The molecule has 2 rings (SSSR count). The Morgan fingerprint density at radius 2 is 2.39 bits per heavy atom. The summed E-state index contributed by atoms with van der Waals surface area (Å²) in [4.78, 5) is 18.1. The van der Waals surface area contributed by atoms with Crippen molar-refractivity contribution in [2.45, 2.75) is 19.9 Å². The van der Waals surface area contributed by atoms with E-state index in [1.54, 1.807) is 6.20 Å². The molecule has 0 bridgehead atoms. The molecule has 1 aliphatic heterocycles. The Morgan fingerprint density at radius 1 is 1.50 bits per heavy atom. The van der Waals surface area contributed by atoms with Crippen molar-refractivity contribution in [3.05, 3.63) is 30.4 Å². The first-order valence-corrected chi connectivity index (χ1v) is 6.37. The minimum atomic E-state index is 0.0450. The lowest BCUT2D eigenvalue weighted by molar-refractivity contribution is -0.121. The van der Waals surface area contributed by atoms with Crippen molar-refractivity contribution in [1.82, 2.24) is 19.8 Å². The average molecular weight is 248 g/mol. The molecular weight excluding hydrogens is 228 g/mol. The van der Waals surface area contributed by atoms with Gasteiger partial charge in [-0.2, -0.15) is 0 Å². The molecule has 0 saturated heterocycles. The standard InChI is InChI=1S/C13H20N4O/c1-12-14-6-10-17(12)11-13(18)15-5-9-16-7-3-2-4-8-16/h2-3,6,10H,4-5,7-9,11H2,1H3,(H,15,18). The van der Waals surface area contributed by atoms with Gasteiger partial charge < -0.3 is 9.88 Å². The van der Waals surface area contributed by atoms with Crippen LogP contribution in [-0.4, -0.2) is 46.5 Å². The van der Waals surface area contributed by atoms with E-state index in [1.807, 2.05) is 17.7 Å². The second-order valence-electron chi connectivity index (χ2n) is 4.51. The van der Waals surface area contributed by atoms with Gasteiger partial charge in [-0.25, -0.2) is 4.98 Å². The van der Waals surface area contributed by atoms with E-state index in [0.717, 1.165) is 31.9 Å². The number of nitrogens with one attached hydrogen (secondary N) is 1. The fourth-order valence-electron chi connectivity index (χ4n) is 2.03. The summed E-state index contributed by atoms with van der Waals surface area (Å²) in [7, 11) is 0. The molecule has 1 amide bonds. The van der Waals surface area contributed by atoms with Crippen LogP contribution >= 0.6 is 0 Å². The highest BCUT2D eigenvalue weighted by Gasteiger charge is 2.07. The highest BCUT2D eigenvalue weighted by atomic mass is 16.1. The number of carbonyl (C=O) groups excluding carboxylic acids is 1. The highest BCUT2D eigenvalue weighted by Crippen LogP contribution is 1.99. The number of carbonyl (C=O) groups is 1. The maximum Gasteiger partial charge on any atom is 0.240 e. The van der Waals surface area contributed by atoms with Crippen LogP contribution in [0.15, 0.2) is 24.5 Å². The molecule has 5 nitrogen and oxygen atoms in total. The summed E-state index contributed by atoms with van der Waals surface area (Å²) in [6.07, 6.45) is 9.03. The zero-order valence-corrected chi connectivity index (χ0v) is 10.8. The minimum absolute atomic E-state index is 0.0450. The Morgan fingerprint density at radius 3 is 3.06 bits per heavy atom. The number of imidazole rings is 1. The van der Waals surface area contributed by atoms with Crippen LogP contribution in [-0.2, 0) is 11.3 Å². The van der Waals surface area contributed by atoms with Crippen LogP contribution in [0.25, 0.3) is 0 Å². The largest absolute Gasteiger partial charge is 0.353 e. The molecule has 0 atom stereocenters. The molecule has 1 aliphatic rings. The molecule has 2 heterocycles. The van der Waals surface area contributed by atoms with Crippen molar-refractivity contribution in [1.29, 1.82) is 0 Å². The normalized spacial score (nSPS) is 15.8. The predicted molar refractivity (Wildman–Crippen MR) is 70.2 cm³/mol. The van der Waals surface area contributed by atoms with Gasteiger partial charge in [0.25, 0.3) is 0 Å². The van der Waals surface area contributed by atoms with Crippen LogP contribution in [0, 0.1) is 6.92 Å². The van der Waals surface area contributed by atoms with Gasteiger partial charge in [0, 0.05) is 38.6 Å². The molecule has 0 radical (unpaired) electrons. The molecule has 0 aliphatic carbocycles. The lowest BCUT2D eigenvalue weighted by Gasteiger charge is -2.22. The van der Waals surface area contributed by atoms with E-state index < -0.39 is 0 Å². The highest BCUT2D eigenvalue weighted by molar-refractivity contribution is 5.75. The van der Waals surface area contributed by atoms with Crippen LogP contribution < -0.4 is 5.32 Å². The molecule has 1 aromatic rings. The number of rotatable bonds is 5. The first-order chi connectivity index (χ1) is 8.75. The molecule has 18 heavy (non-hydrogen) atoms. The lowest BCUT2D eigenvalue weighted by atomic mass is 10.2. The molecule has 0 spiro atoms. The van der Waals surface area contributed by atoms with E-state index in [2.05, 4.69) is 27.4 Å². The van der Waals surface area contributed by atoms with Gasteiger partial charge in [-0.1, -0.05) is 12.2 Å². The number of aryl methyl sites for hydroxylation is 1. The van der Waals surface area contributed by atoms with Gasteiger partial charge in [0.15, 0.2) is 0 Å². The van der Waals surface area contributed by atoms with Gasteiger partial charge in [0.05, 0.1) is 0 Å². The van der Waals surface area contributed by atoms with Gasteiger partial charge in [-0.05, 0) is 13.3 Å². The number of hydrogen-bond acceptors (Lipinski definition) is 3. The zero-order valence-electron chi connectivity index (χ0n) is 10.8. The van der Waals surface area contributed by atoms with Gasteiger partial charge in [0.1, 0.15) is 12.4 Å². The molecule has 98 valence electrons. The van der Waals surface area contributed by atoms with Gasteiger partial charge in [0.2, 0.25) is 5.91 Å². The van der Waals surface area contributed by atoms with Crippen molar-refractivity contribution < 1.29 is 4.79 Å². The van der Waals surface area contributed by atoms with Crippen molar-refractivity contribution in [2.24, 2.45) is 0 Å². The number of aromatic nitrogens is 2. The third kappa shape index (κ3) is 3.70. The van der Waals surface area contributed by atoms with Crippen molar-refractivity contribution >= 4 is 5.91 Å². The third-order valence-corrected chi connectivity index (χ3v) is 3.13. The van der Waals surface area contributed by atoms with Crippen LogP contribution in [0.1, 0.15) is 12.2 Å². The van der Waals surface area contributed by atoms with E-state index >= 15 is 0 Å². The summed E-state index contributed by atoms with van der Waals surface area (Å²) in [5.74, 6) is 0.912.